The molecule has 0 aliphatic carbocycles. The number of hydrogen-bond acceptors (Lipinski definition) is 3. The fourth-order valence-electron chi connectivity index (χ4n) is 2.58. The Labute approximate surface area is 113 Å². The second kappa shape index (κ2) is 5.72. The lowest BCUT2D eigenvalue weighted by atomic mass is 9.87. The van der Waals surface area contributed by atoms with Crippen molar-refractivity contribution in [2.45, 2.75) is 37.6 Å². The van der Waals surface area contributed by atoms with E-state index in [1.54, 1.807) is 0 Å². The third kappa shape index (κ3) is 2.96. The molecule has 0 bridgehead atoms. The number of benzene rings is 1. The van der Waals surface area contributed by atoms with Crippen molar-refractivity contribution in [3.63, 3.8) is 0 Å². The summed E-state index contributed by atoms with van der Waals surface area (Å²) in [7, 11) is 0. The molecule has 1 fully saturated rings. The molecule has 0 saturated carbocycles. The summed E-state index contributed by atoms with van der Waals surface area (Å²) in [5.74, 6) is -1.19. The van der Waals surface area contributed by atoms with E-state index in [9.17, 15) is 9.90 Å². The normalized spacial score (nSPS) is 24.3. The van der Waals surface area contributed by atoms with Gasteiger partial charge in [0.1, 0.15) is 0 Å². The van der Waals surface area contributed by atoms with Crippen LogP contribution in [0.1, 0.15) is 43.2 Å². The monoisotopic (exact) mass is 263 g/mol. The van der Waals surface area contributed by atoms with E-state index in [1.807, 2.05) is 31.2 Å². The van der Waals surface area contributed by atoms with Crippen LogP contribution < -0.4 is 5.73 Å². The number of rotatable bonds is 5. The molecule has 4 nitrogen and oxygen atoms in total. The van der Waals surface area contributed by atoms with Gasteiger partial charge in [-0.05, 0) is 24.0 Å². The van der Waals surface area contributed by atoms with Gasteiger partial charge in [-0.2, -0.15) is 0 Å². The summed E-state index contributed by atoms with van der Waals surface area (Å²) in [4.78, 5) is 11.2. The molecule has 3 N–H and O–H groups in total. The van der Waals surface area contributed by atoms with Crippen LogP contribution in [0.15, 0.2) is 24.3 Å². The summed E-state index contributed by atoms with van der Waals surface area (Å²) in [5, 5.41) is 9.24. The number of hydrogen-bond donors (Lipinski definition) is 2. The molecule has 4 heteroatoms. The first kappa shape index (κ1) is 14.0. The zero-order chi connectivity index (χ0) is 13.9. The first-order valence-corrected chi connectivity index (χ1v) is 6.76. The van der Waals surface area contributed by atoms with Gasteiger partial charge >= 0.3 is 5.97 Å². The molecule has 0 spiro atoms. The lowest BCUT2D eigenvalue weighted by molar-refractivity contribution is -0.139. The lowest BCUT2D eigenvalue weighted by Crippen LogP contribution is -2.36. The van der Waals surface area contributed by atoms with Crippen molar-refractivity contribution in [2.75, 3.05) is 13.2 Å². The second-order valence-corrected chi connectivity index (χ2v) is 5.26. The third-order valence-corrected chi connectivity index (χ3v) is 3.82. The molecule has 104 valence electrons. The number of carbonyl (C=O) groups is 1. The fraction of sp³-hybridized carbons (Fsp3) is 0.533. The van der Waals surface area contributed by atoms with Gasteiger partial charge in [-0.1, -0.05) is 37.6 Å². The minimum absolute atomic E-state index is 0.415. The van der Waals surface area contributed by atoms with E-state index in [1.165, 1.54) is 0 Å². The Kier molecular flexibility index (Phi) is 4.22. The summed E-state index contributed by atoms with van der Waals surface area (Å²) in [6.07, 6.45) is 2.32. The predicted molar refractivity (Wildman–Crippen MR) is 73.0 cm³/mol. The summed E-state index contributed by atoms with van der Waals surface area (Å²) in [5.41, 5.74) is 7.74. The molecule has 0 aromatic heterocycles. The van der Waals surface area contributed by atoms with Crippen molar-refractivity contribution in [3.8, 4) is 0 Å². The first-order chi connectivity index (χ1) is 9.07. The quantitative estimate of drug-likeness (QED) is 0.854. The molecule has 1 heterocycles. The predicted octanol–water partition coefficient (Wildman–Crippen LogP) is 2.23. The highest BCUT2D eigenvalue weighted by molar-refractivity contribution is 5.76. The van der Waals surface area contributed by atoms with Gasteiger partial charge in [-0.25, -0.2) is 0 Å². The van der Waals surface area contributed by atoms with Gasteiger partial charge in [-0.3, -0.25) is 4.79 Å². The molecule has 2 rings (SSSR count). The van der Waals surface area contributed by atoms with Crippen molar-refractivity contribution >= 4 is 5.97 Å². The van der Waals surface area contributed by atoms with Crippen LogP contribution in [0.3, 0.4) is 0 Å². The number of nitrogens with two attached hydrogens (primary N) is 1. The molecule has 0 radical (unpaired) electrons. The Bertz CT molecular complexity index is 435. The van der Waals surface area contributed by atoms with Crippen LogP contribution in [0.4, 0.5) is 0 Å². The van der Waals surface area contributed by atoms with Crippen molar-refractivity contribution in [3.05, 3.63) is 35.4 Å². The highest BCUT2D eigenvalue weighted by Gasteiger charge is 2.32. The van der Waals surface area contributed by atoms with Crippen LogP contribution in [0.2, 0.25) is 0 Å². The van der Waals surface area contributed by atoms with Crippen molar-refractivity contribution in [1.29, 1.82) is 0 Å². The van der Waals surface area contributed by atoms with Gasteiger partial charge in [0.2, 0.25) is 0 Å². The van der Waals surface area contributed by atoms with Gasteiger partial charge in [0, 0.05) is 6.61 Å². The van der Waals surface area contributed by atoms with E-state index < -0.39 is 17.4 Å². The summed E-state index contributed by atoms with van der Waals surface area (Å²) in [6, 6.07) is 7.65. The van der Waals surface area contributed by atoms with Gasteiger partial charge < -0.3 is 15.6 Å². The first-order valence-electron chi connectivity index (χ1n) is 6.76. The van der Waals surface area contributed by atoms with E-state index in [0.29, 0.717) is 19.6 Å². The Morgan fingerprint density at radius 3 is 2.63 bits per heavy atom. The van der Waals surface area contributed by atoms with Crippen LogP contribution >= 0.6 is 0 Å². The molecule has 0 amide bonds. The van der Waals surface area contributed by atoms with Gasteiger partial charge in [0.25, 0.3) is 0 Å². The Morgan fingerprint density at radius 1 is 1.47 bits per heavy atom. The minimum atomic E-state index is -0.763. The molecule has 1 aliphatic rings. The van der Waals surface area contributed by atoms with Gasteiger partial charge in [0.15, 0.2) is 0 Å². The Morgan fingerprint density at radius 2 is 2.16 bits per heavy atom. The summed E-state index contributed by atoms with van der Waals surface area (Å²) in [6.45, 7) is 3.21. The number of carboxylic acid groups (broad SMARTS) is 1. The second-order valence-electron chi connectivity index (χ2n) is 5.26. The largest absolute Gasteiger partial charge is 0.481 e. The molecule has 1 aromatic carbocycles. The van der Waals surface area contributed by atoms with Crippen molar-refractivity contribution < 1.29 is 14.6 Å². The van der Waals surface area contributed by atoms with Crippen LogP contribution in [0, 0.1) is 0 Å². The van der Waals surface area contributed by atoms with E-state index in [2.05, 4.69) is 0 Å². The lowest BCUT2D eigenvalue weighted by Gasteiger charge is -2.23. The van der Waals surface area contributed by atoms with Gasteiger partial charge in [-0.15, -0.1) is 0 Å². The van der Waals surface area contributed by atoms with Crippen molar-refractivity contribution in [2.24, 2.45) is 5.73 Å². The molecule has 2 atom stereocenters. The van der Waals surface area contributed by atoms with E-state index in [4.69, 9.17) is 10.5 Å². The Balaban J connectivity index is 2.19. The van der Waals surface area contributed by atoms with Gasteiger partial charge in [0.05, 0.1) is 18.1 Å². The average Bonchev–Trinajstić information content (AvgIpc) is 2.84. The molecule has 1 aliphatic heterocycles. The topological polar surface area (TPSA) is 72.5 Å². The highest BCUT2D eigenvalue weighted by atomic mass is 16.5. The molecule has 19 heavy (non-hydrogen) atoms. The van der Waals surface area contributed by atoms with Crippen LogP contribution in [0.5, 0.6) is 0 Å². The molecule has 1 aromatic rings. The van der Waals surface area contributed by atoms with Crippen LogP contribution in [-0.2, 0) is 15.1 Å². The maximum atomic E-state index is 11.2. The number of carboxylic acids is 1. The van der Waals surface area contributed by atoms with Crippen LogP contribution in [-0.4, -0.2) is 24.3 Å². The zero-order valence-corrected chi connectivity index (χ0v) is 11.3. The zero-order valence-electron chi connectivity index (χ0n) is 11.3. The SMILES string of the molecule is CCCC(C(=O)O)c1ccc(C2(N)CCOC2)cc1. The molecule has 1 saturated heterocycles. The standard InChI is InChI=1S/C15H21NO3/c1-2-3-13(14(17)18)11-4-6-12(7-5-11)15(16)8-9-19-10-15/h4-7,13H,2-3,8-10,16H2,1H3,(H,17,18). The Hall–Kier alpha value is -1.39. The number of ether oxygens (including phenoxy) is 1. The smallest absolute Gasteiger partial charge is 0.310 e. The maximum absolute atomic E-state index is 11.2. The molecular weight excluding hydrogens is 242 g/mol. The third-order valence-electron chi connectivity index (χ3n) is 3.82. The van der Waals surface area contributed by atoms with E-state index >= 15 is 0 Å². The van der Waals surface area contributed by atoms with Crippen LogP contribution in [0.25, 0.3) is 0 Å². The number of aliphatic carboxylic acids is 1. The maximum Gasteiger partial charge on any atom is 0.310 e. The average molecular weight is 263 g/mol. The molecule has 2 unspecified atom stereocenters. The highest BCUT2D eigenvalue weighted by Crippen LogP contribution is 2.29. The fourth-order valence-corrected chi connectivity index (χ4v) is 2.58. The van der Waals surface area contributed by atoms with E-state index in [-0.39, 0.29) is 0 Å². The molecular formula is C15H21NO3. The van der Waals surface area contributed by atoms with E-state index in [0.717, 1.165) is 24.0 Å². The summed E-state index contributed by atoms with van der Waals surface area (Å²) < 4.78 is 5.35. The minimum Gasteiger partial charge on any atom is -0.481 e. The summed E-state index contributed by atoms with van der Waals surface area (Å²) >= 11 is 0. The van der Waals surface area contributed by atoms with Crippen molar-refractivity contribution in [1.82, 2.24) is 0 Å².